The number of aryl methyl sites for hydroxylation is 1. The van der Waals surface area contributed by atoms with E-state index in [4.69, 9.17) is 24.0 Å². The predicted molar refractivity (Wildman–Crippen MR) is 125 cm³/mol. The Bertz CT molecular complexity index is 1230. The normalized spacial score (nSPS) is 16.4. The lowest BCUT2D eigenvalue weighted by molar-refractivity contribution is 0.0308. The second-order valence-electron chi connectivity index (χ2n) is 7.83. The van der Waals surface area contributed by atoms with Gasteiger partial charge in [-0.25, -0.2) is 13.8 Å². The monoisotopic (exact) mass is 524 g/mol. The van der Waals surface area contributed by atoms with Crippen LogP contribution in [0, 0.1) is 5.82 Å². The van der Waals surface area contributed by atoms with Crippen LogP contribution in [0.25, 0.3) is 22.6 Å². The number of nitrogens with zero attached hydrogens (tertiary/aromatic N) is 6. The van der Waals surface area contributed by atoms with Crippen LogP contribution in [0.2, 0.25) is 0 Å². The van der Waals surface area contributed by atoms with Crippen LogP contribution in [-0.2, 0) is 15.8 Å². The fraction of sp³-hybridized carbons (Fsp3) is 0.381. The van der Waals surface area contributed by atoms with Gasteiger partial charge in [0.05, 0.1) is 24.9 Å². The van der Waals surface area contributed by atoms with Crippen molar-refractivity contribution in [3.05, 3.63) is 42.3 Å². The molecule has 4 rings (SSSR count). The molecular formula is C21H26FN6O7P. The molecule has 0 saturated carbocycles. The summed E-state index contributed by atoms with van der Waals surface area (Å²) in [6.45, 7) is 4.67. The van der Waals surface area contributed by atoms with Crippen LogP contribution in [0.5, 0.6) is 0 Å². The van der Waals surface area contributed by atoms with Crippen LogP contribution in [0.15, 0.2) is 36.5 Å². The third kappa shape index (κ3) is 7.12. The minimum absolute atomic E-state index is 0.175. The van der Waals surface area contributed by atoms with Crippen LogP contribution in [0.3, 0.4) is 0 Å². The summed E-state index contributed by atoms with van der Waals surface area (Å²) < 4.78 is 28.9. The van der Waals surface area contributed by atoms with E-state index in [1.165, 1.54) is 15.8 Å². The summed E-state index contributed by atoms with van der Waals surface area (Å²) in [6, 6.07) is 7.96. The summed E-state index contributed by atoms with van der Waals surface area (Å²) in [6.07, 6.45) is 0.936. The molecule has 2 unspecified atom stereocenters. The number of cyclic esters (lactones) is 1. The number of hydrogen-bond acceptors (Lipinski definition) is 8. The van der Waals surface area contributed by atoms with Crippen LogP contribution in [0.1, 0.15) is 26.7 Å². The number of aliphatic hydroxyl groups is 1. The average Bonchev–Trinajstić information content (AvgIpc) is 3.45. The molecular weight excluding hydrogens is 498 g/mol. The van der Waals surface area contributed by atoms with E-state index >= 15 is 0 Å². The molecule has 0 bridgehead atoms. The molecule has 36 heavy (non-hydrogen) atoms. The first-order valence-electron chi connectivity index (χ1n) is 11.0. The number of phosphoric acid groups is 1. The number of tetrazole rings is 1. The molecule has 3 aromatic rings. The molecule has 15 heteroatoms. The topological polar surface area (TPSA) is 184 Å². The highest BCUT2D eigenvalue weighted by molar-refractivity contribution is 7.45. The van der Waals surface area contributed by atoms with Gasteiger partial charge < -0.3 is 24.5 Å². The number of pyridine rings is 1. The van der Waals surface area contributed by atoms with E-state index in [1.807, 2.05) is 6.92 Å². The molecule has 2 atom stereocenters. The van der Waals surface area contributed by atoms with Gasteiger partial charge in [0.1, 0.15) is 17.6 Å². The van der Waals surface area contributed by atoms with E-state index in [1.54, 1.807) is 37.4 Å². The Balaban J connectivity index is 0.000000658. The maximum Gasteiger partial charge on any atom is 0.466 e. The second-order valence-corrected chi connectivity index (χ2v) is 8.85. The van der Waals surface area contributed by atoms with Crippen molar-refractivity contribution in [2.75, 3.05) is 11.4 Å². The molecule has 4 N–H and O–H groups in total. The number of hydrogen-bond donors (Lipinski definition) is 4. The van der Waals surface area contributed by atoms with Crippen molar-refractivity contribution in [1.82, 2.24) is 25.2 Å². The van der Waals surface area contributed by atoms with E-state index in [2.05, 4.69) is 20.4 Å². The fourth-order valence-electron chi connectivity index (χ4n) is 3.39. The number of halogens is 1. The average molecular weight is 524 g/mol. The van der Waals surface area contributed by atoms with E-state index < -0.39 is 31.9 Å². The van der Waals surface area contributed by atoms with Gasteiger partial charge in [-0.3, -0.25) is 9.88 Å². The van der Waals surface area contributed by atoms with Crippen molar-refractivity contribution in [3.8, 4) is 22.6 Å². The van der Waals surface area contributed by atoms with Crippen molar-refractivity contribution < 1.29 is 38.3 Å². The predicted octanol–water partition coefficient (Wildman–Crippen LogP) is 2.12. The molecule has 1 aliphatic rings. The zero-order chi connectivity index (χ0) is 26.5. The van der Waals surface area contributed by atoms with Crippen molar-refractivity contribution in [2.24, 2.45) is 0 Å². The first-order chi connectivity index (χ1) is 17.0. The maximum atomic E-state index is 14.9. The maximum absolute atomic E-state index is 14.9. The van der Waals surface area contributed by atoms with E-state index in [0.717, 1.165) is 6.42 Å². The lowest BCUT2D eigenvalue weighted by Gasteiger charge is -2.16. The van der Waals surface area contributed by atoms with Crippen LogP contribution in [0.4, 0.5) is 14.9 Å². The van der Waals surface area contributed by atoms with Gasteiger partial charge in [-0.05, 0) is 42.3 Å². The minimum Gasteiger partial charge on any atom is -0.441 e. The summed E-state index contributed by atoms with van der Waals surface area (Å²) in [5.41, 5.74) is 1.85. The van der Waals surface area contributed by atoms with Gasteiger partial charge in [0.15, 0.2) is 0 Å². The Morgan fingerprint density at radius 2 is 1.94 bits per heavy atom. The highest BCUT2D eigenvalue weighted by Gasteiger charge is 2.36. The van der Waals surface area contributed by atoms with E-state index in [9.17, 15) is 14.3 Å². The highest BCUT2D eigenvalue weighted by Crippen LogP contribution is 2.30. The Hall–Kier alpha value is -3.29. The Kier molecular flexibility index (Phi) is 8.82. The molecule has 1 aliphatic heterocycles. The fourth-order valence-corrected chi connectivity index (χ4v) is 3.39. The molecule has 0 aliphatic carbocycles. The van der Waals surface area contributed by atoms with Crippen molar-refractivity contribution in [1.29, 1.82) is 0 Å². The third-order valence-corrected chi connectivity index (χ3v) is 5.13. The Labute approximate surface area is 205 Å². The largest absolute Gasteiger partial charge is 0.466 e. The number of benzene rings is 1. The highest BCUT2D eigenvalue weighted by atomic mass is 31.2. The number of aromatic nitrogens is 5. The van der Waals surface area contributed by atoms with Gasteiger partial charge in [0.2, 0.25) is 5.82 Å². The van der Waals surface area contributed by atoms with Crippen molar-refractivity contribution in [2.45, 2.75) is 45.4 Å². The van der Waals surface area contributed by atoms with E-state index in [0.29, 0.717) is 41.3 Å². The molecule has 1 saturated heterocycles. The standard InChI is InChI=1S/C21H23FN6O3.H3O4P/c1-3-9-28-25-20(24-26-28)17-8-5-13(11-23-17)15-7-6-14(10-16(15)22)27-12-19(18(29)4-2)31-21(27)30;1-5(2,3)4/h5-8,10-11,18-19,29H,3-4,9,12H2,1-2H3;(H3,1,2,3,4). The van der Waals surface area contributed by atoms with Gasteiger partial charge in [-0.15, -0.1) is 10.2 Å². The zero-order valence-electron chi connectivity index (χ0n) is 19.5. The van der Waals surface area contributed by atoms with Gasteiger partial charge in [-0.1, -0.05) is 19.9 Å². The number of anilines is 1. The van der Waals surface area contributed by atoms with Gasteiger partial charge >= 0.3 is 13.9 Å². The van der Waals surface area contributed by atoms with Crippen LogP contribution in [-0.4, -0.2) is 69.8 Å². The van der Waals surface area contributed by atoms with Crippen LogP contribution < -0.4 is 4.90 Å². The summed E-state index contributed by atoms with van der Waals surface area (Å²) in [5.74, 6) is -0.0847. The van der Waals surface area contributed by atoms with Gasteiger partial charge in [-0.2, -0.15) is 4.80 Å². The third-order valence-electron chi connectivity index (χ3n) is 5.13. The number of carbonyl (C=O) groups is 1. The van der Waals surface area contributed by atoms with Crippen molar-refractivity contribution in [3.63, 3.8) is 0 Å². The molecule has 1 amide bonds. The molecule has 0 radical (unpaired) electrons. The number of amides is 1. The quantitative estimate of drug-likeness (QED) is 0.332. The molecule has 13 nitrogen and oxygen atoms in total. The summed E-state index contributed by atoms with van der Waals surface area (Å²) >= 11 is 0. The first-order valence-corrected chi connectivity index (χ1v) is 12.5. The SMILES string of the molecule is CCCn1nnc(-c2ccc(-c3ccc(N4CC(C(O)CC)OC4=O)cc3F)cn2)n1.O=P(O)(O)O. The molecule has 3 heterocycles. The first kappa shape index (κ1) is 27.3. The minimum atomic E-state index is -4.64. The Morgan fingerprint density at radius 3 is 2.53 bits per heavy atom. The molecule has 1 fully saturated rings. The summed E-state index contributed by atoms with van der Waals surface area (Å²) in [5, 5.41) is 22.1. The van der Waals surface area contributed by atoms with Gasteiger partial charge in [0, 0.05) is 17.3 Å². The number of ether oxygens (including phenoxy) is 1. The number of aliphatic hydroxyl groups excluding tert-OH is 1. The number of carbonyl (C=O) groups excluding carboxylic acids is 1. The van der Waals surface area contributed by atoms with E-state index in [-0.39, 0.29) is 6.54 Å². The molecule has 0 spiro atoms. The second kappa shape index (κ2) is 11.6. The summed E-state index contributed by atoms with van der Waals surface area (Å²) in [7, 11) is -4.64. The van der Waals surface area contributed by atoms with Gasteiger partial charge in [0.25, 0.3) is 0 Å². The smallest absolute Gasteiger partial charge is 0.441 e. The number of rotatable bonds is 7. The van der Waals surface area contributed by atoms with Crippen LogP contribution >= 0.6 is 7.82 Å². The lowest BCUT2D eigenvalue weighted by Crippen LogP contribution is -2.30. The lowest BCUT2D eigenvalue weighted by atomic mass is 10.1. The zero-order valence-corrected chi connectivity index (χ0v) is 20.4. The molecule has 1 aromatic carbocycles. The molecule has 194 valence electrons. The van der Waals surface area contributed by atoms with Crippen molar-refractivity contribution >= 4 is 19.6 Å². The molecule has 2 aromatic heterocycles. The summed E-state index contributed by atoms with van der Waals surface area (Å²) in [4.78, 5) is 40.9. The Morgan fingerprint density at radius 1 is 1.22 bits per heavy atom.